The van der Waals surface area contributed by atoms with Crippen molar-refractivity contribution < 1.29 is 75.1 Å². The minimum atomic E-state index is -5.08. The van der Waals surface area contributed by atoms with Crippen LogP contribution in [0.1, 0.15) is 39.9 Å². The van der Waals surface area contributed by atoms with E-state index >= 15 is 0 Å². The Morgan fingerprint density at radius 2 is 1.44 bits per heavy atom. The molecule has 3 rings (SSSR count). The number of rotatable bonds is 11. The number of benzene rings is 2. The molecule has 0 bridgehead atoms. The second-order valence-corrected chi connectivity index (χ2v) is 10.00. The Balaban J connectivity index is 0.000000748. The van der Waals surface area contributed by atoms with Gasteiger partial charge in [0.15, 0.2) is 5.96 Å². The fourth-order valence-electron chi connectivity index (χ4n) is 3.84. The maximum atomic E-state index is 12.0. The van der Waals surface area contributed by atoms with Gasteiger partial charge in [0, 0.05) is 31.5 Å². The van der Waals surface area contributed by atoms with Gasteiger partial charge < -0.3 is 45.9 Å². The lowest BCUT2D eigenvalue weighted by Gasteiger charge is -2.32. The third kappa shape index (κ3) is 16.0. The maximum Gasteiger partial charge on any atom is 0.490 e. The molecule has 0 saturated carbocycles. The molecule has 276 valence electrons. The van der Waals surface area contributed by atoms with Crippen LogP contribution < -0.4 is 16.2 Å². The van der Waals surface area contributed by atoms with Crippen LogP contribution in [0.4, 0.5) is 26.3 Å². The first-order valence-corrected chi connectivity index (χ1v) is 14.0. The standard InChI is InChI=1S/C25H31N5O6.2C2HF3O2/c26-23(27)18-3-1-2-16(12-18)14-35-22(31)15-34-11-8-17-13-20(4-5-21(17)24(32)33)36-19-6-9-30(10-7-19)25(28)29;2*3-2(4,5)1(6)7/h1-5,12-13,19H,6-11,14-15H2,(H3,26,27)(H3,28,29)(H,32,33);2*(H,6,7). The number of piperidine rings is 1. The summed E-state index contributed by atoms with van der Waals surface area (Å²) in [6, 6.07) is 11.7. The normalized spacial score (nSPS) is 13.0. The van der Waals surface area contributed by atoms with Crippen LogP contribution in [0, 0.1) is 10.8 Å². The maximum absolute atomic E-state index is 12.0. The van der Waals surface area contributed by atoms with Gasteiger partial charge in [0.05, 0.1) is 12.2 Å². The Morgan fingerprint density at radius 3 is 1.92 bits per heavy atom. The number of amidine groups is 1. The molecule has 1 aliphatic heterocycles. The van der Waals surface area contributed by atoms with E-state index in [1.807, 2.05) is 0 Å². The number of aliphatic carboxylic acids is 2. The van der Waals surface area contributed by atoms with Gasteiger partial charge in [-0.25, -0.2) is 19.2 Å². The molecule has 1 fully saturated rings. The molecule has 1 saturated heterocycles. The molecule has 2 aromatic carbocycles. The number of halogens is 6. The molecule has 0 spiro atoms. The summed E-state index contributed by atoms with van der Waals surface area (Å²) in [5.41, 5.74) is 12.9. The highest BCUT2D eigenvalue weighted by molar-refractivity contribution is 5.95. The number of alkyl halides is 6. The highest BCUT2D eigenvalue weighted by atomic mass is 19.4. The van der Waals surface area contributed by atoms with Crippen molar-refractivity contribution in [2.24, 2.45) is 11.5 Å². The van der Waals surface area contributed by atoms with Gasteiger partial charge >= 0.3 is 36.2 Å². The monoisotopic (exact) mass is 725 g/mol. The Labute approximate surface area is 279 Å². The fraction of sp³-hybridized carbons (Fsp3) is 0.379. The number of nitrogens with zero attached hydrogens (tertiary/aromatic N) is 1. The van der Waals surface area contributed by atoms with Crippen LogP contribution in [0.5, 0.6) is 5.75 Å². The van der Waals surface area contributed by atoms with Crippen molar-refractivity contribution in [2.75, 3.05) is 26.3 Å². The highest BCUT2D eigenvalue weighted by Gasteiger charge is 2.38. The Morgan fingerprint density at radius 1 is 0.880 bits per heavy atom. The fourth-order valence-corrected chi connectivity index (χ4v) is 3.84. The van der Waals surface area contributed by atoms with E-state index < -0.39 is 36.2 Å². The number of aromatic carboxylic acids is 1. The van der Waals surface area contributed by atoms with Crippen molar-refractivity contribution in [1.29, 1.82) is 10.8 Å². The Kier molecular flexibility index (Phi) is 16.5. The SMILES string of the molecule is N=C(N)c1cccc(COC(=O)COCCc2cc(OC3CCN(C(=N)N)CC3)ccc2C(=O)O)c1.O=C(O)C(F)(F)F.O=C(O)C(F)(F)F. The second-order valence-electron chi connectivity index (χ2n) is 10.00. The van der Waals surface area contributed by atoms with Gasteiger partial charge in [-0.1, -0.05) is 18.2 Å². The molecule has 0 aliphatic carbocycles. The lowest BCUT2D eigenvalue weighted by molar-refractivity contribution is -0.193. The lowest BCUT2D eigenvalue weighted by Crippen LogP contribution is -2.44. The number of carbonyl (C=O) groups excluding carboxylic acids is 1. The van der Waals surface area contributed by atoms with Crippen molar-refractivity contribution in [3.05, 3.63) is 64.7 Å². The number of hydrogen-bond donors (Lipinski definition) is 7. The van der Waals surface area contributed by atoms with Gasteiger partial charge in [0.1, 0.15) is 30.9 Å². The first-order valence-electron chi connectivity index (χ1n) is 14.0. The van der Waals surface area contributed by atoms with E-state index in [9.17, 15) is 41.0 Å². The molecule has 50 heavy (non-hydrogen) atoms. The Hall–Kier alpha value is -5.60. The van der Waals surface area contributed by atoms with Crippen LogP contribution in [0.3, 0.4) is 0 Å². The molecule has 1 aliphatic rings. The molecule has 21 heteroatoms. The average molecular weight is 726 g/mol. The van der Waals surface area contributed by atoms with E-state index in [4.69, 9.17) is 56.3 Å². The van der Waals surface area contributed by atoms with Gasteiger partial charge in [0.2, 0.25) is 0 Å². The predicted octanol–water partition coefficient (Wildman–Crippen LogP) is 2.97. The molecule has 0 radical (unpaired) electrons. The molecular formula is C29H33F6N5O10. The third-order valence-electron chi connectivity index (χ3n) is 6.25. The molecular weight excluding hydrogens is 692 g/mol. The topological polar surface area (TPSA) is 260 Å². The summed E-state index contributed by atoms with van der Waals surface area (Å²) in [6.07, 6.45) is -8.53. The van der Waals surface area contributed by atoms with E-state index in [-0.39, 0.29) is 49.7 Å². The zero-order chi connectivity index (χ0) is 38.2. The molecule has 15 nitrogen and oxygen atoms in total. The number of guanidine groups is 1. The summed E-state index contributed by atoms with van der Waals surface area (Å²) in [5, 5.41) is 38.8. The minimum Gasteiger partial charge on any atom is -0.490 e. The van der Waals surface area contributed by atoms with Crippen LogP contribution in [0.15, 0.2) is 42.5 Å². The number of nitrogens with two attached hydrogens (primary N) is 2. The highest BCUT2D eigenvalue weighted by Crippen LogP contribution is 2.23. The van der Waals surface area contributed by atoms with E-state index in [1.165, 1.54) is 6.07 Å². The van der Waals surface area contributed by atoms with E-state index in [0.717, 1.165) is 0 Å². The summed E-state index contributed by atoms with van der Waals surface area (Å²) in [7, 11) is 0. The van der Waals surface area contributed by atoms with Crippen molar-refractivity contribution >= 4 is 35.7 Å². The quantitative estimate of drug-likeness (QED) is 0.0579. The Bertz CT molecular complexity index is 1490. The minimum absolute atomic E-state index is 0.0250. The summed E-state index contributed by atoms with van der Waals surface area (Å²) in [6.45, 7) is 1.13. The summed E-state index contributed by atoms with van der Waals surface area (Å²) in [5.74, 6) is -6.59. The van der Waals surface area contributed by atoms with E-state index in [1.54, 1.807) is 41.3 Å². The number of esters is 1. The summed E-state index contributed by atoms with van der Waals surface area (Å²) >= 11 is 0. The van der Waals surface area contributed by atoms with Crippen molar-refractivity contribution in [2.45, 2.75) is 44.3 Å². The van der Waals surface area contributed by atoms with Crippen molar-refractivity contribution in [3.63, 3.8) is 0 Å². The molecule has 0 aromatic heterocycles. The van der Waals surface area contributed by atoms with Crippen LogP contribution in [0.2, 0.25) is 0 Å². The number of carboxylic acid groups (broad SMARTS) is 3. The number of hydrogen-bond acceptors (Lipinski definition) is 9. The van der Waals surface area contributed by atoms with E-state index in [2.05, 4.69) is 0 Å². The molecule has 9 N–H and O–H groups in total. The van der Waals surface area contributed by atoms with Gasteiger partial charge in [-0.05, 0) is 41.8 Å². The zero-order valence-electron chi connectivity index (χ0n) is 25.8. The number of likely N-dealkylation sites (tertiary alicyclic amines) is 1. The van der Waals surface area contributed by atoms with Gasteiger partial charge in [0.25, 0.3) is 0 Å². The van der Waals surface area contributed by atoms with Crippen molar-refractivity contribution in [1.82, 2.24) is 4.90 Å². The van der Waals surface area contributed by atoms with Gasteiger partial charge in [-0.3, -0.25) is 10.8 Å². The molecule has 0 amide bonds. The largest absolute Gasteiger partial charge is 0.490 e. The molecule has 0 unspecified atom stereocenters. The van der Waals surface area contributed by atoms with Crippen LogP contribution in [0.25, 0.3) is 0 Å². The lowest BCUT2D eigenvalue weighted by atomic mass is 10.0. The van der Waals surface area contributed by atoms with Crippen LogP contribution >= 0.6 is 0 Å². The van der Waals surface area contributed by atoms with Gasteiger partial charge in [-0.2, -0.15) is 26.3 Å². The predicted molar refractivity (Wildman–Crippen MR) is 160 cm³/mol. The van der Waals surface area contributed by atoms with Gasteiger partial charge in [-0.15, -0.1) is 0 Å². The smallest absolute Gasteiger partial charge is 0.490 e. The first kappa shape index (κ1) is 42.4. The number of nitrogen functional groups attached to an aromatic ring is 1. The summed E-state index contributed by atoms with van der Waals surface area (Å²) in [4.78, 5) is 43.2. The molecule has 1 heterocycles. The second kappa shape index (κ2) is 19.4. The first-order chi connectivity index (χ1) is 23.1. The van der Waals surface area contributed by atoms with Crippen LogP contribution in [-0.4, -0.2) is 101 Å². The number of nitrogens with one attached hydrogen (secondary N) is 2. The van der Waals surface area contributed by atoms with E-state index in [0.29, 0.717) is 48.4 Å². The summed E-state index contributed by atoms with van der Waals surface area (Å²) < 4.78 is 80.1. The molecule has 0 atom stereocenters. The number of carbonyl (C=O) groups is 4. The third-order valence-corrected chi connectivity index (χ3v) is 6.25. The average Bonchev–Trinajstić information content (AvgIpc) is 3.02. The number of carboxylic acids is 3. The number of ether oxygens (including phenoxy) is 3. The molecule has 2 aromatic rings. The zero-order valence-corrected chi connectivity index (χ0v) is 25.8. The van der Waals surface area contributed by atoms with Crippen LogP contribution in [-0.2, 0) is 36.9 Å². The van der Waals surface area contributed by atoms with Crippen molar-refractivity contribution in [3.8, 4) is 5.75 Å².